The summed E-state index contributed by atoms with van der Waals surface area (Å²) in [5.74, 6) is -0.216. The number of aromatic nitrogens is 1. The van der Waals surface area contributed by atoms with E-state index in [2.05, 4.69) is 4.98 Å². The van der Waals surface area contributed by atoms with Gasteiger partial charge in [-0.15, -0.1) is 0 Å². The molecule has 1 fully saturated rings. The summed E-state index contributed by atoms with van der Waals surface area (Å²) in [5, 5.41) is 1.08. The number of carbonyl (C=O) groups is 1. The fraction of sp³-hybridized carbons (Fsp3) is 0.286. The molecule has 0 aliphatic carbocycles. The van der Waals surface area contributed by atoms with Gasteiger partial charge >= 0.3 is 0 Å². The van der Waals surface area contributed by atoms with Gasteiger partial charge in [0.05, 0.1) is 6.04 Å². The van der Waals surface area contributed by atoms with Crippen LogP contribution in [0.15, 0.2) is 48.5 Å². The maximum Gasteiger partial charge on any atom is 0.271 e. The van der Waals surface area contributed by atoms with Crippen molar-refractivity contribution in [3.8, 4) is 0 Å². The van der Waals surface area contributed by atoms with Gasteiger partial charge in [0.1, 0.15) is 11.5 Å². The molecule has 0 bridgehead atoms. The Hall–Kier alpha value is -2.62. The Kier molecular flexibility index (Phi) is 4.04. The van der Waals surface area contributed by atoms with Gasteiger partial charge < -0.3 is 9.88 Å². The molecule has 3 aromatic rings. The zero-order chi connectivity index (χ0) is 17.4. The van der Waals surface area contributed by atoms with Gasteiger partial charge in [-0.05, 0) is 55.5 Å². The molecule has 1 amide bonds. The number of rotatable bonds is 2. The largest absolute Gasteiger partial charge is 0.350 e. The molecule has 0 unspecified atom stereocenters. The third-order valence-electron chi connectivity index (χ3n) is 5.20. The average molecular weight is 336 g/mol. The van der Waals surface area contributed by atoms with Gasteiger partial charge in [0.25, 0.3) is 5.91 Å². The van der Waals surface area contributed by atoms with Crippen molar-refractivity contribution in [3.05, 3.63) is 71.2 Å². The summed E-state index contributed by atoms with van der Waals surface area (Å²) in [5.41, 5.74) is 3.64. The first kappa shape index (κ1) is 15.9. The predicted molar refractivity (Wildman–Crippen MR) is 97.1 cm³/mol. The highest BCUT2D eigenvalue weighted by Gasteiger charge is 2.30. The molecule has 3 nitrogen and oxygen atoms in total. The molecule has 1 N–H and O–H groups in total. The Labute approximate surface area is 146 Å². The van der Waals surface area contributed by atoms with Crippen molar-refractivity contribution in [2.24, 2.45) is 0 Å². The fourth-order valence-electron chi connectivity index (χ4n) is 3.85. The lowest BCUT2D eigenvalue weighted by Crippen LogP contribution is -2.39. The number of nitrogens with zero attached hydrogens (tertiary/aromatic N) is 1. The molecular weight excluding hydrogens is 315 g/mol. The van der Waals surface area contributed by atoms with E-state index in [4.69, 9.17) is 0 Å². The molecule has 1 aliphatic rings. The van der Waals surface area contributed by atoms with Crippen molar-refractivity contribution in [2.75, 3.05) is 6.54 Å². The van der Waals surface area contributed by atoms with E-state index in [-0.39, 0.29) is 17.8 Å². The number of halogens is 1. The summed E-state index contributed by atoms with van der Waals surface area (Å²) >= 11 is 0. The minimum absolute atomic E-state index is 0.00709. The van der Waals surface area contributed by atoms with Crippen LogP contribution in [0.5, 0.6) is 0 Å². The number of benzene rings is 2. The summed E-state index contributed by atoms with van der Waals surface area (Å²) in [6, 6.07) is 14.5. The average Bonchev–Trinajstić information content (AvgIpc) is 2.99. The minimum atomic E-state index is -0.246. The van der Waals surface area contributed by atoms with E-state index < -0.39 is 0 Å². The predicted octanol–water partition coefficient (Wildman–Crippen LogP) is 4.98. The Morgan fingerprint density at radius 3 is 2.64 bits per heavy atom. The molecule has 0 saturated carbocycles. The van der Waals surface area contributed by atoms with Crippen LogP contribution in [-0.2, 0) is 0 Å². The molecule has 1 atom stereocenters. The second-order valence-electron chi connectivity index (χ2n) is 6.73. The molecule has 2 aromatic carbocycles. The van der Waals surface area contributed by atoms with Crippen molar-refractivity contribution in [3.63, 3.8) is 0 Å². The molecule has 4 heteroatoms. The number of hydrogen-bond acceptors (Lipinski definition) is 1. The molecule has 25 heavy (non-hydrogen) atoms. The molecule has 0 spiro atoms. The fourth-order valence-corrected chi connectivity index (χ4v) is 3.85. The van der Waals surface area contributed by atoms with Gasteiger partial charge in [-0.1, -0.05) is 30.3 Å². The zero-order valence-electron chi connectivity index (χ0n) is 14.3. The summed E-state index contributed by atoms with van der Waals surface area (Å²) < 4.78 is 13.3. The molecule has 0 radical (unpaired) electrons. The summed E-state index contributed by atoms with van der Waals surface area (Å²) in [7, 11) is 0. The second-order valence-corrected chi connectivity index (χ2v) is 6.73. The van der Waals surface area contributed by atoms with E-state index in [0.717, 1.165) is 47.8 Å². The van der Waals surface area contributed by atoms with Crippen LogP contribution in [-0.4, -0.2) is 22.3 Å². The lowest BCUT2D eigenvalue weighted by molar-refractivity contribution is 0.0605. The van der Waals surface area contributed by atoms with Crippen molar-refractivity contribution in [1.82, 2.24) is 9.88 Å². The Balaban J connectivity index is 1.71. The smallest absolute Gasteiger partial charge is 0.271 e. The van der Waals surface area contributed by atoms with Gasteiger partial charge in [0, 0.05) is 17.4 Å². The topological polar surface area (TPSA) is 36.1 Å². The maximum absolute atomic E-state index is 13.3. The second kappa shape index (κ2) is 6.36. The molecule has 128 valence electrons. The van der Waals surface area contributed by atoms with Crippen LogP contribution >= 0.6 is 0 Å². The number of likely N-dealkylation sites (tertiary alicyclic amines) is 1. The lowest BCUT2D eigenvalue weighted by atomic mass is 9.94. The van der Waals surface area contributed by atoms with Crippen LogP contribution in [0, 0.1) is 12.7 Å². The monoisotopic (exact) mass is 336 g/mol. The van der Waals surface area contributed by atoms with E-state index in [1.165, 1.54) is 12.1 Å². The molecule has 1 aliphatic heterocycles. The zero-order valence-corrected chi connectivity index (χ0v) is 14.3. The number of piperidine rings is 1. The molecule has 4 rings (SSSR count). The van der Waals surface area contributed by atoms with Crippen molar-refractivity contribution in [1.29, 1.82) is 0 Å². The Morgan fingerprint density at radius 1 is 1.12 bits per heavy atom. The lowest BCUT2D eigenvalue weighted by Gasteiger charge is -2.36. The quantitative estimate of drug-likeness (QED) is 0.704. The molecule has 1 saturated heterocycles. The number of nitrogens with one attached hydrogen (secondary N) is 1. The molecular formula is C21H21FN2O. The van der Waals surface area contributed by atoms with E-state index in [1.54, 1.807) is 12.1 Å². The van der Waals surface area contributed by atoms with Gasteiger partial charge in [-0.2, -0.15) is 0 Å². The number of fused-ring (bicyclic) bond motifs is 1. The third kappa shape index (κ3) is 2.82. The highest BCUT2D eigenvalue weighted by Crippen LogP contribution is 2.33. The Bertz CT molecular complexity index is 913. The summed E-state index contributed by atoms with van der Waals surface area (Å²) in [4.78, 5) is 18.5. The van der Waals surface area contributed by atoms with Gasteiger partial charge in [-0.25, -0.2) is 4.39 Å². The van der Waals surface area contributed by atoms with Crippen LogP contribution < -0.4 is 0 Å². The van der Waals surface area contributed by atoms with Gasteiger partial charge in [-0.3, -0.25) is 4.79 Å². The van der Waals surface area contributed by atoms with E-state index >= 15 is 0 Å². The maximum atomic E-state index is 13.3. The number of hydrogen-bond donors (Lipinski definition) is 1. The number of para-hydroxylation sites is 1. The van der Waals surface area contributed by atoms with Crippen molar-refractivity contribution in [2.45, 2.75) is 32.2 Å². The molecule has 1 aromatic heterocycles. The number of aryl methyl sites for hydroxylation is 1. The normalized spacial score (nSPS) is 17.8. The minimum Gasteiger partial charge on any atom is -0.350 e. The van der Waals surface area contributed by atoms with Crippen LogP contribution in [0.4, 0.5) is 4.39 Å². The van der Waals surface area contributed by atoms with Gasteiger partial charge in [0.2, 0.25) is 0 Å². The van der Waals surface area contributed by atoms with E-state index in [1.807, 2.05) is 36.1 Å². The third-order valence-corrected chi connectivity index (χ3v) is 5.20. The van der Waals surface area contributed by atoms with Crippen LogP contribution in [0.2, 0.25) is 0 Å². The van der Waals surface area contributed by atoms with Crippen molar-refractivity contribution < 1.29 is 9.18 Å². The number of amides is 1. The highest BCUT2D eigenvalue weighted by atomic mass is 19.1. The highest BCUT2D eigenvalue weighted by molar-refractivity contribution is 6.01. The standard InChI is InChI=1S/C21H21FN2O/c1-14-17-6-2-3-7-18(17)23-20(14)21(25)24-13-5-4-8-19(24)15-9-11-16(22)12-10-15/h2-3,6-7,9-12,19,23H,4-5,8,13H2,1H3/t19-/m1/s1. The number of aromatic amines is 1. The first-order valence-electron chi connectivity index (χ1n) is 8.79. The van der Waals surface area contributed by atoms with E-state index in [9.17, 15) is 9.18 Å². The van der Waals surface area contributed by atoms with Crippen LogP contribution in [0.1, 0.15) is 46.9 Å². The molecule has 2 heterocycles. The first-order chi connectivity index (χ1) is 12.1. The van der Waals surface area contributed by atoms with E-state index in [0.29, 0.717) is 5.69 Å². The number of carbonyl (C=O) groups excluding carboxylic acids is 1. The first-order valence-corrected chi connectivity index (χ1v) is 8.79. The summed E-state index contributed by atoms with van der Waals surface area (Å²) in [6.45, 7) is 2.72. The van der Waals surface area contributed by atoms with Crippen LogP contribution in [0.3, 0.4) is 0 Å². The number of H-pyrrole nitrogens is 1. The van der Waals surface area contributed by atoms with Gasteiger partial charge in [0.15, 0.2) is 0 Å². The van der Waals surface area contributed by atoms with Crippen molar-refractivity contribution >= 4 is 16.8 Å². The van der Waals surface area contributed by atoms with Crippen LogP contribution in [0.25, 0.3) is 10.9 Å². The summed E-state index contributed by atoms with van der Waals surface area (Å²) in [6.07, 6.45) is 3.00. The SMILES string of the molecule is Cc1c(C(=O)N2CCCC[C@@H]2c2ccc(F)cc2)[nH]c2ccccc12. The Morgan fingerprint density at radius 2 is 1.88 bits per heavy atom.